The minimum Gasteiger partial charge on any atom is -0.387 e. The number of benzene rings is 2. The van der Waals surface area contributed by atoms with Crippen LogP contribution in [0.4, 0.5) is 0 Å². The quantitative estimate of drug-likeness (QED) is 0.737. The van der Waals surface area contributed by atoms with Crippen molar-refractivity contribution < 1.29 is 9.90 Å². The molecule has 1 amide bonds. The maximum Gasteiger partial charge on any atom is 0.252 e. The number of carbonyl (C=O) groups is 1. The lowest BCUT2D eigenvalue weighted by molar-refractivity contribution is 0.0915. The van der Waals surface area contributed by atoms with Crippen LogP contribution in [0.5, 0.6) is 0 Å². The van der Waals surface area contributed by atoms with Crippen LogP contribution < -0.4 is 5.32 Å². The molecule has 0 bridgehead atoms. The topological polar surface area (TPSA) is 54.3 Å². The predicted octanol–water partition coefficient (Wildman–Crippen LogP) is 3.40. The lowest BCUT2D eigenvalue weighted by Crippen LogP contribution is -2.28. The summed E-state index contributed by atoms with van der Waals surface area (Å²) in [6.07, 6.45) is 1.24. The van der Waals surface area contributed by atoms with E-state index >= 15 is 0 Å². The van der Waals surface area contributed by atoms with E-state index in [1.54, 1.807) is 12.1 Å². The summed E-state index contributed by atoms with van der Waals surface area (Å²) in [6, 6.07) is 15.0. The zero-order valence-corrected chi connectivity index (χ0v) is 14.2. The van der Waals surface area contributed by atoms with Crippen molar-refractivity contribution in [1.82, 2.24) is 9.88 Å². The van der Waals surface area contributed by atoms with Crippen molar-refractivity contribution in [2.24, 2.45) is 7.05 Å². The second-order valence-electron chi connectivity index (χ2n) is 5.45. The van der Waals surface area contributed by atoms with Crippen LogP contribution in [0, 0.1) is 0 Å². The monoisotopic (exact) mass is 372 g/mol. The average Bonchev–Trinajstić information content (AvgIpc) is 2.93. The van der Waals surface area contributed by atoms with E-state index in [2.05, 4.69) is 21.2 Å². The third kappa shape index (κ3) is 3.30. The molecule has 0 aliphatic heterocycles. The van der Waals surface area contributed by atoms with E-state index in [0.29, 0.717) is 5.56 Å². The number of aliphatic hydroxyl groups is 1. The third-order valence-corrected chi connectivity index (χ3v) is 4.56. The largest absolute Gasteiger partial charge is 0.387 e. The van der Waals surface area contributed by atoms with Gasteiger partial charge in [-0.25, -0.2) is 0 Å². The number of rotatable bonds is 4. The van der Waals surface area contributed by atoms with Crippen molar-refractivity contribution in [3.8, 4) is 0 Å². The number of carbonyl (C=O) groups excluding carboxylic acids is 1. The van der Waals surface area contributed by atoms with Crippen molar-refractivity contribution in [2.75, 3.05) is 6.54 Å². The van der Waals surface area contributed by atoms with Crippen LogP contribution in [0.1, 0.15) is 22.0 Å². The average molecular weight is 373 g/mol. The van der Waals surface area contributed by atoms with E-state index in [0.717, 1.165) is 20.9 Å². The Morgan fingerprint density at radius 2 is 2.04 bits per heavy atom. The van der Waals surface area contributed by atoms with Crippen LogP contribution >= 0.6 is 15.9 Å². The van der Waals surface area contributed by atoms with Crippen molar-refractivity contribution >= 4 is 32.7 Å². The molecule has 4 nitrogen and oxygen atoms in total. The lowest BCUT2D eigenvalue weighted by Gasteiger charge is -2.13. The lowest BCUT2D eigenvalue weighted by atomic mass is 10.1. The number of aromatic nitrogens is 1. The molecule has 5 heteroatoms. The molecule has 0 saturated heterocycles. The summed E-state index contributed by atoms with van der Waals surface area (Å²) in [6.45, 7) is 0.165. The molecule has 118 valence electrons. The van der Waals surface area contributed by atoms with Crippen LogP contribution in [0.15, 0.2) is 59.2 Å². The Morgan fingerprint density at radius 1 is 1.26 bits per heavy atom. The number of aryl methyl sites for hydroxylation is 1. The summed E-state index contributed by atoms with van der Waals surface area (Å²) in [4.78, 5) is 12.2. The van der Waals surface area contributed by atoms with E-state index in [-0.39, 0.29) is 12.5 Å². The molecular weight excluding hydrogens is 356 g/mol. The smallest absolute Gasteiger partial charge is 0.252 e. The highest BCUT2D eigenvalue weighted by molar-refractivity contribution is 9.10. The Labute approximate surface area is 142 Å². The van der Waals surface area contributed by atoms with E-state index < -0.39 is 6.10 Å². The molecule has 0 aliphatic carbocycles. The molecule has 23 heavy (non-hydrogen) atoms. The van der Waals surface area contributed by atoms with Gasteiger partial charge in [-0.1, -0.05) is 18.2 Å². The SMILES string of the molecule is Cn1ccc2cc([C@@H](O)CNC(=O)c3ccccc3Br)ccc21. The first-order chi connectivity index (χ1) is 11.1. The molecule has 0 fully saturated rings. The molecule has 1 atom stereocenters. The second-order valence-corrected chi connectivity index (χ2v) is 6.30. The molecule has 1 aromatic heterocycles. The van der Waals surface area contributed by atoms with E-state index in [9.17, 15) is 9.90 Å². The second kappa shape index (κ2) is 6.56. The van der Waals surface area contributed by atoms with Gasteiger partial charge in [-0.2, -0.15) is 0 Å². The minimum absolute atomic E-state index is 0.165. The number of amides is 1. The molecule has 1 heterocycles. The van der Waals surface area contributed by atoms with Crippen LogP contribution in [0.3, 0.4) is 0 Å². The molecule has 0 radical (unpaired) electrons. The summed E-state index contributed by atoms with van der Waals surface area (Å²) < 4.78 is 2.76. The number of fused-ring (bicyclic) bond motifs is 1. The molecule has 2 N–H and O–H groups in total. The Balaban J connectivity index is 1.69. The fraction of sp³-hybridized carbons (Fsp3) is 0.167. The Bertz CT molecular complexity index is 857. The Hall–Kier alpha value is -2.11. The van der Waals surface area contributed by atoms with Crippen molar-refractivity contribution in [2.45, 2.75) is 6.10 Å². The van der Waals surface area contributed by atoms with Gasteiger partial charge in [0, 0.05) is 29.8 Å². The molecule has 0 spiro atoms. The first kappa shape index (κ1) is 15.8. The highest BCUT2D eigenvalue weighted by atomic mass is 79.9. The molecule has 0 aliphatic rings. The molecule has 3 aromatic rings. The highest BCUT2D eigenvalue weighted by Gasteiger charge is 2.13. The zero-order chi connectivity index (χ0) is 16.4. The third-order valence-electron chi connectivity index (χ3n) is 3.87. The number of aliphatic hydroxyl groups excluding tert-OH is 1. The summed E-state index contributed by atoms with van der Waals surface area (Å²) in [5.41, 5.74) is 2.45. The number of hydrogen-bond acceptors (Lipinski definition) is 2. The van der Waals surface area contributed by atoms with Gasteiger partial charge in [-0.05, 0) is 57.2 Å². The van der Waals surface area contributed by atoms with Gasteiger partial charge in [0.1, 0.15) is 0 Å². The van der Waals surface area contributed by atoms with Crippen molar-refractivity contribution in [1.29, 1.82) is 0 Å². The summed E-state index contributed by atoms with van der Waals surface area (Å²) in [7, 11) is 1.98. The zero-order valence-electron chi connectivity index (χ0n) is 12.7. The maximum atomic E-state index is 12.2. The molecule has 0 saturated carbocycles. The summed E-state index contributed by atoms with van der Waals surface area (Å²) in [5, 5.41) is 14.2. The number of hydrogen-bond donors (Lipinski definition) is 2. The fourth-order valence-corrected chi connectivity index (χ4v) is 3.02. The standard InChI is InChI=1S/C18H17BrN2O2/c1-21-9-8-12-10-13(6-7-16(12)21)17(22)11-20-18(23)14-4-2-3-5-15(14)19/h2-10,17,22H,11H2,1H3,(H,20,23)/t17-/m0/s1. The molecule has 2 aromatic carbocycles. The first-order valence-electron chi connectivity index (χ1n) is 7.32. The van der Waals surface area contributed by atoms with Crippen LogP contribution in [-0.4, -0.2) is 22.1 Å². The van der Waals surface area contributed by atoms with E-state index in [4.69, 9.17) is 0 Å². The van der Waals surface area contributed by atoms with E-state index in [1.807, 2.05) is 54.2 Å². The van der Waals surface area contributed by atoms with Gasteiger partial charge in [-0.15, -0.1) is 0 Å². The van der Waals surface area contributed by atoms with Gasteiger partial charge in [0.2, 0.25) is 0 Å². The number of halogens is 1. The van der Waals surface area contributed by atoms with Crippen LogP contribution in [-0.2, 0) is 7.05 Å². The van der Waals surface area contributed by atoms with E-state index in [1.165, 1.54) is 0 Å². The number of nitrogens with one attached hydrogen (secondary N) is 1. The summed E-state index contributed by atoms with van der Waals surface area (Å²) in [5.74, 6) is -0.211. The van der Waals surface area contributed by atoms with Crippen LogP contribution in [0.25, 0.3) is 10.9 Å². The minimum atomic E-state index is -0.744. The first-order valence-corrected chi connectivity index (χ1v) is 8.11. The molecule has 3 rings (SSSR count). The van der Waals surface area contributed by atoms with Crippen molar-refractivity contribution in [3.63, 3.8) is 0 Å². The Morgan fingerprint density at radius 3 is 2.83 bits per heavy atom. The van der Waals surface area contributed by atoms with Gasteiger partial charge in [0.15, 0.2) is 0 Å². The molecular formula is C18H17BrN2O2. The van der Waals surface area contributed by atoms with Gasteiger partial charge >= 0.3 is 0 Å². The van der Waals surface area contributed by atoms with Gasteiger partial charge in [-0.3, -0.25) is 4.79 Å². The maximum absolute atomic E-state index is 12.2. The van der Waals surface area contributed by atoms with Gasteiger partial charge in [0.25, 0.3) is 5.91 Å². The predicted molar refractivity (Wildman–Crippen MR) is 94.4 cm³/mol. The normalized spacial score (nSPS) is 12.3. The fourth-order valence-electron chi connectivity index (χ4n) is 2.56. The van der Waals surface area contributed by atoms with Gasteiger partial charge in [0.05, 0.1) is 11.7 Å². The van der Waals surface area contributed by atoms with Gasteiger partial charge < -0.3 is 15.0 Å². The number of nitrogens with zero attached hydrogens (tertiary/aromatic N) is 1. The molecule has 0 unspecified atom stereocenters. The van der Waals surface area contributed by atoms with Crippen molar-refractivity contribution in [3.05, 3.63) is 70.3 Å². The van der Waals surface area contributed by atoms with Crippen LogP contribution in [0.2, 0.25) is 0 Å². The summed E-state index contributed by atoms with van der Waals surface area (Å²) >= 11 is 3.35. The Kier molecular flexibility index (Phi) is 4.50. The highest BCUT2D eigenvalue weighted by Crippen LogP contribution is 2.21.